The maximum absolute atomic E-state index is 12.7. The normalized spacial score (nSPS) is 28.8. The van der Waals surface area contributed by atoms with Crippen molar-refractivity contribution in [1.29, 1.82) is 0 Å². The highest BCUT2D eigenvalue weighted by atomic mass is 16.6. The lowest BCUT2D eigenvalue weighted by Crippen LogP contribution is -2.59. The van der Waals surface area contributed by atoms with E-state index in [1.54, 1.807) is 4.90 Å². The van der Waals surface area contributed by atoms with E-state index in [2.05, 4.69) is 20.8 Å². The van der Waals surface area contributed by atoms with E-state index in [0.717, 1.165) is 25.9 Å². The second kappa shape index (κ2) is 5.74. The Bertz CT molecular complexity index is 455. The summed E-state index contributed by atoms with van der Waals surface area (Å²) in [6.45, 7) is 14.4. The Morgan fingerprint density at radius 1 is 1.23 bits per heavy atom. The summed E-state index contributed by atoms with van der Waals surface area (Å²) >= 11 is 0. The fourth-order valence-corrected chi connectivity index (χ4v) is 3.04. The Morgan fingerprint density at radius 2 is 1.86 bits per heavy atom. The van der Waals surface area contributed by atoms with Crippen LogP contribution >= 0.6 is 0 Å². The molecule has 0 aromatic rings. The largest absolute Gasteiger partial charge is 0.444 e. The molecule has 0 aliphatic carbocycles. The summed E-state index contributed by atoms with van der Waals surface area (Å²) in [6.07, 6.45) is 1.41. The summed E-state index contributed by atoms with van der Waals surface area (Å²) in [6, 6.07) is -0.329. The minimum atomic E-state index is -0.524. The van der Waals surface area contributed by atoms with Gasteiger partial charge in [0.25, 0.3) is 0 Å². The first-order valence-electron chi connectivity index (χ1n) is 8.32. The smallest absolute Gasteiger partial charge is 0.410 e. The first-order chi connectivity index (χ1) is 10.0. The molecule has 22 heavy (non-hydrogen) atoms. The molecule has 0 aromatic heterocycles. The number of ether oxygens (including phenoxy) is 1. The average Bonchev–Trinajstić information content (AvgIpc) is 2.69. The van der Waals surface area contributed by atoms with Crippen LogP contribution in [0.5, 0.6) is 0 Å². The van der Waals surface area contributed by atoms with Gasteiger partial charge in [0.15, 0.2) is 0 Å². The highest BCUT2D eigenvalue weighted by Crippen LogP contribution is 2.38. The van der Waals surface area contributed by atoms with Gasteiger partial charge in [-0.25, -0.2) is 4.79 Å². The quantitative estimate of drug-likeness (QED) is 0.788. The average molecular weight is 310 g/mol. The molecule has 2 atom stereocenters. The fourth-order valence-electron chi connectivity index (χ4n) is 3.04. The van der Waals surface area contributed by atoms with Gasteiger partial charge in [-0.1, -0.05) is 20.8 Å². The van der Waals surface area contributed by atoms with Gasteiger partial charge in [-0.05, 0) is 44.9 Å². The van der Waals surface area contributed by atoms with Crippen LogP contribution in [-0.2, 0) is 9.53 Å². The second-order valence-corrected chi connectivity index (χ2v) is 8.30. The zero-order chi connectivity index (χ0) is 16.7. The van der Waals surface area contributed by atoms with Crippen molar-refractivity contribution in [3.8, 4) is 0 Å². The zero-order valence-electron chi connectivity index (χ0n) is 14.8. The zero-order valence-corrected chi connectivity index (χ0v) is 14.8. The third-order valence-corrected chi connectivity index (χ3v) is 5.14. The number of nitrogens with zero attached hydrogens (tertiary/aromatic N) is 2. The second-order valence-electron chi connectivity index (χ2n) is 8.30. The number of carbonyl (C=O) groups excluding carboxylic acids is 2. The van der Waals surface area contributed by atoms with Crippen LogP contribution in [0.4, 0.5) is 4.79 Å². The van der Waals surface area contributed by atoms with Crippen molar-refractivity contribution < 1.29 is 14.3 Å². The van der Waals surface area contributed by atoms with Gasteiger partial charge in [0, 0.05) is 19.6 Å². The Morgan fingerprint density at radius 3 is 2.27 bits per heavy atom. The van der Waals surface area contributed by atoms with E-state index < -0.39 is 5.60 Å². The van der Waals surface area contributed by atoms with Gasteiger partial charge in [-0.3, -0.25) is 9.69 Å². The van der Waals surface area contributed by atoms with Crippen molar-refractivity contribution in [1.82, 2.24) is 9.80 Å². The number of amides is 2. The van der Waals surface area contributed by atoms with E-state index in [9.17, 15) is 9.59 Å². The summed E-state index contributed by atoms with van der Waals surface area (Å²) < 4.78 is 5.38. The highest BCUT2D eigenvalue weighted by Gasteiger charge is 2.45. The predicted molar refractivity (Wildman–Crippen MR) is 85.5 cm³/mol. The highest BCUT2D eigenvalue weighted by molar-refractivity contribution is 5.87. The van der Waals surface area contributed by atoms with Gasteiger partial charge in [-0.15, -0.1) is 0 Å². The van der Waals surface area contributed by atoms with Crippen LogP contribution in [-0.4, -0.2) is 53.1 Å². The Labute approximate surface area is 134 Å². The molecule has 2 amide bonds. The van der Waals surface area contributed by atoms with Crippen molar-refractivity contribution >= 4 is 12.0 Å². The molecule has 0 spiro atoms. The standard InChI is InChI=1S/C17H30N2O3/c1-12(2)17(6)8-10-18(11-17)14(20)13-7-9-19(13)15(21)22-16(3,4)5/h12-13H,7-11H2,1-6H3/t13-,17-/m0/s1. The number of hydrogen-bond donors (Lipinski definition) is 0. The number of carbonyl (C=O) groups is 2. The van der Waals surface area contributed by atoms with Crippen molar-refractivity contribution in [3.63, 3.8) is 0 Å². The number of likely N-dealkylation sites (tertiary alicyclic amines) is 2. The Hall–Kier alpha value is -1.26. The van der Waals surface area contributed by atoms with Crippen LogP contribution in [0.25, 0.3) is 0 Å². The molecular weight excluding hydrogens is 280 g/mol. The number of rotatable bonds is 2. The molecule has 0 N–H and O–H groups in total. The van der Waals surface area contributed by atoms with Crippen LogP contribution in [0.2, 0.25) is 0 Å². The van der Waals surface area contributed by atoms with E-state index in [4.69, 9.17) is 4.74 Å². The summed E-state index contributed by atoms with van der Waals surface area (Å²) in [5.41, 5.74) is -0.333. The summed E-state index contributed by atoms with van der Waals surface area (Å²) in [4.78, 5) is 28.3. The lowest BCUT2D eigenvalue weighted by atomic mass is 9.78. The van der Waals surface area contributed by atoms with Crippen molar-refractivity contribution in [2.24, 2.45) is 11.3 Å². The molecule has 2 rings (SSSR count). The first-order valence-corrected chi connectivity index (χ1v) is 8.32. The lowest BCUT2D eigenvalue weighted by molar-refractivity contribution is -0.140. The molecule has 0 aromatic carbocycles. The topological polar surface area (TPSA) is 49.9 Å². The third-order valence-electron chi connectivity index (χ3n) is 5.14. The molecule has 5 nitrogen and oxygen atoms in total. The molecule has 0 bridgehead atoms. The monoisotopic (exact) mass is 310 g/mol. The summed E-state index contributed by atoms with van der Waals surface area (Å²) in [7, 11) is 0. The summed E-state index contributed by atoms with van der Waals surface area (Å²) in [5, 5.41) is 0. The minimum Gasteiger partial charge on any atom is -0.444 e. The molecule has 0 saturated carbocycles. The lowest BCUT2D eigenvalue weighted by Gasteiger charge is -2.42. The van der Waals surface area contributed by atoms with E-state index in [1.165, 1.54) is 0 Å². The molecule has 0 unspecified atom stereocenters. The Kier molecular flexibility index (Phi) is 4.46. The first kappa shape index (κ1) is 17.1. The predicted octanol–water partition coefficient (Wildman–Crippen LogP) is 2.89. The van der Waals surface area contributed by atoms with Gasteiger partial charge < -0.3 is 9.64 Å². The van der Waals surface area contributed by atoms with Crippen molar-refractivity contribution in [2.45, 2.75) is 66.0 Å². The maximum Gasteiger partial charge on any atom is 0.410 e. The van der Waals surface area contributed by atoms with Crippen LogP contribution in [0, 0.1) is 11.3 Å². The summed E-state index contributed by atoms with van der Waals surface area (Å²) in [5.74, 6) is 0.634. The molecule has 2 aliphatic heterocycles. The van der Waals surface area contributed by atoms with Gasteiger partial charge in [0.05, 0.1) is 0 Å². The van der Waals surface area contributed by atoms with Gasteiger partial charge in [0.2, 0.25) is 5.91 Å². The molecular formula is C17H30N2O3. The fraction of sp³-hybridized carbons (Fsp3) is 0.882. The van der Waals surface area contributed by atoms with Crippen molar-refractivity contribution in [3.05, 3.63) is 0 Å². The van der Waals surface area contributed by atoms with E-state index in [1.807, 2.05) is 25.7 Å². The Balaban J connectivity index is 1.95. The third kappa shape index (κ3) is 3.39. The minimum absolute atomic E-state index is 0.0847. The van der Waals surface area contributed by atoms with E-state index in [-0.39, 0.29) is 23.5 Å². The molecule has 2 fully saturated rings. The number of hydrogen-bond acceptors (Lipinski definition) is 3. The van der Waals surface area contributed by atoms with Gasteiger partial charge in [0.1, 0.15) is 11.6 Å². The van der Waals surface area contributed by atoms with Crippen LogP contribution in [0.15, 0.2) is 0 Å². The van der Waals surface area contributed by atoms with E-state index >= 15 is 0 Å². The molecule has 5 heteroatoms. The van der Waals surface area contributed by atoms with Crippen LogP contribution < -0.4 is 0 Å². The van der Waals surface area contributed by atoms with Crippen LogP contribution in [0.3, 0.4) is 0 Å². The van der Waals surface area contributed by atoms with Crippen LogP contribution in [0.1, 0.15) is 54.4 Å². The molecule has 2 heterocycles. The van der Waals surface area contributed by atoms with Gasteiger partial charge >= 0.3 is 6.09 Å². The molecule has 2 saturated heterocycles. The maximum atomic E-state index is 12.7. The SMILES string of the molecule is CC(C)[C@@]1(C)CCN(C(=O)[C@@H]2CCN2C(=O)OC(C)(C)C)C1. The van der Waals surface area contributed by atoms with Gasteiger partial charge in [-0.2, -0.15) is 0 Å². The molecule has 2 aliphatic rings. The van der Waals surface area contributed by atoms with E-state index in [0.29, 0.717) is 12.5 Å². The molecule has 0 radical (unpaired) electrons. The van der Waals surface area contributed by atoms with Crippen molar-refractivity contribution in [2.75, 3.05) is 19.6 Å². The molecule has 126 valence electrons.